The smallest absolute Gasteiger partial charge is 0.128 e. The van der Waals surface area contributed by atoms with Crippen LogP contribution in [0.1, 0.15) is 28.3 Å². The second-order valence-electron chi connectivity index (χ2n) is 5.08. The molecule has 112 valence electrons. The Kier molecular flexibility index (Phi) is 4.86. The van der Waals surface area contributed by atoms with Crippen LogP contribution in [0.15, 0.2) is 30.3 Å². The normalized spacial score (nSPS) is 12.3. The maximum atomic E-state index is 14.1. The molecule has 2 nitrogen and oxygen atoms in total. The van der Waals surface area contributed by atoms with Gasteiger partial charge in [0.2, 0.25) is 0 Å². The van der Waals surface area contributed by atoms with E-state index >= 15 is 0 Å². The number of ether oxygens (including phenoxy) is 1. The van der Waals surface area contributed by atoms with Crippen molar-refractivity contribution in [1.82, 2.24) is 5.32 Å². The first-order valence-electron chi connectivity index (χ1n) is 6.75. The van der Waals surface area contributed by atoms with Crippen molar-refractivity contribution in [2.24, 2.45) is 0 Å². The van der Waals surface area contributed by atoms with Gasteiger partial charge in [0.15, 0.2) is 0 Å². The van der Waals surface area contributed by atoms with Crippen molar-refractivity contribution >= 4 is 11.6 Å². The Bertz CT molecular complexity index is 634. The standard InChI is InChI=1S/C17H19ClFNO/c1-10-7-12(8-11(2)17(10)21-4)16(20-3)14-9-13(18)5-6-15(14)19/h5-9,16,20H,1-4H3. The molecule has 4 heteroatoms. The number of methoxy groups -OCH3 is 1. The lowest BCUT2D eigenvalue weighted by Crippen LogP contribution is -2.19. The predicted molar refractivity (Wildman–Crippen MR) is 84.8 cm³/mol. The molecule has 21 heavy (non-hydrogen) atoms. The highest BCUT2D eigenvalue weighted by molar-refractivity contribution is 6.30. The first-order valence-corrected chi connectivity index (χ1v) is 7.13. The van der Waals surface area contributed by atoms with Crippen molar-refractivity contribution in [2.45, 2.75) is 19.9 Å². The number of benzene rings is 2. The lowest BCUT2D eigenvalue weighted by Gasteiger charge is -2.20. The Morgan fingerprint density at radius 1 is 1.14 bits per heavy atom. The van der Waals surface area contributed by atoms with Crippen molar-refractivity contribution in [3.05, 3.63) is 63.4 Å². The van der Waals surface area contributed by atoms with Crippen LogP contribution in [-0.4, -0.2) is 14.2 Å². The molecule has 0 aliphatic heterocycles. The minimum atomic E-state index is -0.273. The number of hydrogen-bond acceptors (Lipinski definition) is 2. The number of nitrogens with one attached hydrogen (secondary N) is 1. The largest absolute Gasteiger partial charge is 0.496 e. The van der Waals surface area contributed by atoms with E-state index in [1.54, 1.807) is 26.3 Å². The number of aryl methyl sites for hydroxylation is 2. The summed E-state index contributed by atoms with van der Waals surface area (Å²) in [6.07, 6.45) is 0. The van der Waals surface area contributed by atoms with Crippen LogP contribution < -0.4 is 10.1 Å². The van der Waals surface area contributed by atoms with Gasteiger partial charge >= 0.3 is 0 Å². The third-order valence-electron chi connectivity index (χ3n) is 3.58. The van der Waals surface area contributed by atoms with Gasteiger partial charge in [-0.15, -0.1) is 0 Å². The molecule has 0 spiro atoms. The van der Waals surface area contributed by atoms with Gasteiger partial charge in [0.1, 0.15) is 11.6 Å². The fourth-order valence-electron chi connectivity index (χ4n) is 2.71. The molecule has 0 amide bonds. The summed E-state index contributed by atoms with van der Waals surface area (Å²) in [7, 11) is 3.46. The second-order valence-corrected chi connectivity index (χ2v) is 5.51. The van der Waals surface area contributed by atoms with Gasteiger partial charge in [-0.05, 0) is 55.8 Å². The monoisotopic (exact) mass is 307 g/mol. The van der Waals surface area contributed by atoms with Crippen LogP contribution in [0.3, 0.4) is 0 Å². The van der Waals surface area contributed by atoms with Gasteiger partial charge in [-0.25, -0.2) is 4.39 Å². The average Bonchev–Trinajstić information content (AvgIpc) is 2.43. The van der Waals surface area contributed by atoms with Crippen LogP contribution in [0.5, 0.6) is 5.75 Å². The van der Waals surface area contributed by atoms with Gasteiger partial charge in [-0.3, -0.25) is 0 Å². The summed E-state index contributed by atoms with van der Waals surface area (Å²) in [6.45, 7) is 3.97. The van der Waals surface area contributed by atoms with Crippen molar-refractivity contribution < 1.29 is 9.13 Å². The third-order valence-corrected chi connectivity index (χ3v) is 3.81. The Morgan fingerprint density at radius 3 is 2.29 bits per heavy atom. The fourth-order valence-corrected chi connectivity index (χ4v) is 2.89. The highest BCUT2D eigenvalue weighted by atomic mass is 35.5. The average molecular weight is 308 g/mol. The predicted octanol–water partition coefficient (Wildman–Crippen LogP) is 4.41. The number of hydrogen-bond donors (Lipinski definition) is 1. The Balaban J connectivity index is 2.54. The maximum Gasteiger partial charge on any atom is 0.128 e. The molecular formula is C17H19ClFNO. The molecule has 1 N–H and O–H groups in total. The van der Waals surface area contributed by atoms with E-state index in [1.165, 1.54) is 6.07 Å². The van der Waals surface area contributed by atoms with Crippen molar-refractivity contribution in [3.8, 4) is 5.75 Å². The van der Waals surface area contributed by atoms with Crippen LogP contribution in [0.4, 0.5) is 4.39 Å². The minimum Gasteiger partial charge on any atom is -0.496 e. The summed E-state index contributed by atoms with van der Waals surface area (Å²) >= 11 is 6.00. The highest BCUT2D eigenvalue weighted by Gasteiger charge is 2.18. The Morgan fingerprint density at radius 2 is 1.76 bits per heavy atom. The number of halogens is 2. The van der Waals surface area contributed by atoms with Crippen molar-refractivity contribution in [3.63, 3.8) is 0 Å². The molecule has 0 aliphatic rings. The Labute approximate surface area is 129 Å². The molecular weight excluding hydrogens is 289 g/mol. The SMILES string of the molecule is CNC(c1cc(C)c(OC)c(C)c1)c1cc(Cl)ccc1F. The van der Waals surface area contributed by atoms with Crippen molar-refractivity contribution in [1.29, 1.82) is 0 Å². The third kappa shape index (κ3) is 3.20. The minimum absolute atomic E-state index is 0.257. The van der Waals surface area contributed by atoms with E-state index in [-0.39, 0.29) is 11.9 Å². The van der Waals surface area contributed by atoms with Crippen LogP contribution in [0, 0.1) is 19.7 Å². The van der Waals surface area contributed by atoms with Gasteiger partial charge in [-0.1, -0.05) is 23.7 Å². The molecule has 0 bridgehead atoms. The summed E-state index contributed by atoms with van der Waals surface area (Å²) in [5.41, 5.74) is 3.56. The summed E-state index contributed by atoms with van der Waals surface area (Å²) < 4.78 is 19.5. The van der Waals surface area contributed by atoms with Crippen LogP contribution >= 0.6 is 11.6 Å². The Hall–Kier alpha value is -1.58. The molecule has 0 fully saturated rings. The molecule has 0 radical (unpaired) electrons. The van der Waals surface area contributed by atoms with Crippen LogP contribution in [0.2, 0.25) is 5.02 Å². The molecule has 1 unspecified atom stereocenters. The quantitative estimate of drug-likeness (QED) is 0.903. The van der Waals surface area contributed by atoms with E-state index in [0.717, 1.165) is 22.4 Å². The summed E-state index contributed by atoms with van der Waals surface area (Å²) in [4.78, 5) is 0. The van der Waals surface area contributed by atoms with E-state index < -0.39 is 0 Å². The lowest BCUT2D eigenvalue weighted by atomic mass is 9.94. The molecule has 0 aromatic heterocycles. The molecule has 0 saturated carbocycles. The molecule has 2 aromatic carbocycles. The van der Waals surface area contributed by atoms with E-state index in [4.69, 9.17) is 16.3 Å². The van der Waals surface area contributed by atoms with Crippen LogP contribution in [0.25, 0.3) is 0 Å². The van der Waals surface area contributed by atoms with Crippen LogP contribution in [-0.2, 0) is 0 Å². The molecule has 0 saturated heterocycles. The molecule has 2 aromatic rings. The lowest BCUT2D eigenvalue weighted by molar-refractivity contribution is 0.408. The first kappa shape index (κ1) is 15.8. The zero-order valence-corrected chi connectivity index (χ0v) is 13.4. The second kappa shape index (κ2) is 6.46. The van der Waals surface area contributed by atoms with E-state index in [2.05, 4.69) is 5.32 Å². The zero-order chi connectivity index (χ0) is 15.6. The van der Waals surface area contributed by atoms with Crippen molar-refractivity contribution in [2.75, 3.05) is 14.2 Å². The summed E-state index contributed by atoms with van der Waals surface area (Å²) in [5, 5.41) is 3.68. The molecule has 0 aliphatic carbocycles. The summed E-state index contributed by atoms with van der Waals surface area (Å²) in [5.74, 6) is 0.588. The number of rotatable bonds is 4. The van der Waals surface area contributed by atoms with Gasteiger partial charge in [0, 0.05) is 10.6 Å². The highest BCUT2D eigenvalue weighted by Crippen LogP contribution is 2.31. The van der Waals surface area contributed by atoms with Gasteiger partial charge in [0.05, 0.1) is 13.2 Å². The molecule has 2 rings (SSSR count). The first-order chi connectivity index (χ1) is 9.97. The summed E-state index contributed by atoms with van der Waals surface area (Å²) in [6, 6.07) is 8.36. The van der Waals surface area contributed by atoms with E-state index in [1.807, 2.05) is 26.0 Å². The van der Waals surface area contributed by atoms with Gasteiger partial charge < -0.3 is 10.1 Å². The topological polar surface area (TPSA) is 21.3 Å². The fraction of sp³-hybridized carbons (Fsp3) is 0.294. The zero-order valence-electron chi connectivity index (χ0n) is 12.6. The maximum absolute atomic E-state index is 14.1. The van der Waals surface area contributed by atoms with Gasteiger partial charge in [0.25, 0.3) is 0 Å². The molecule has 1 atom stereocenters. The van der Waals surface area contributed by atoms with E-state index in [0.29, 0.717) is 10.6 Å². The van der Waals surface area contributed by atoms with E-state index in [9.17, 15) is 4.39 Å². The molecule has 0 heterocycles. The van der Waals surface area contributed by atoms with Gasteiger partial charge in [-0.2, -0.15) is 0 Å².